The van der Waals surface area contributed by atoms with Crippen molar-refractivity contribution in [2.45, 2.75) is 26.4 Å². The van der Waals surface area contributed by atoms with E-state index in [2.05, 4.69) is 30.7 Å². The van der Waals surface area contributed by atoms with E-state index in [9.17, 15) is 0 Å². The number of hydrogen-bond acceptors (Lipinski definition) is 1. The average molecular weight is 297 g/mol. The van der Waals surface area contributed by atoms with E-state index in [-0.39, 0.29) is 6.04 Å². The molecule has 0 saturated heterocycles. The summed E-state index contributed by atoms with van der Waals surface area (Å²) in [4.78, 5) is 0. The summed E-state index contributed by atoms with van der Waals surface area (Å²) < 4.78 is 2.11. The highest BCUT2D eigenvalue weighted by atomic mass is 35.5. The molecule has 0 fully saturated rings. The van der Waals surface area contributed by atoms with Gasteiger partial charge in [-0.3, -0.25) is 0 Å². The minimum Gasteiger partial charge on any atom is -0.350 e. The predicted octanol–water partition coefficient (Wildman–Crippen LogP) is 4.50. The third-order valence-electron chi connectivity index (χ3n) is 3.23. The van der Waals surface area contributed by atoms with Gasteiger partial charge in [0.2, 0.25) is 0 Å². The summed E-state index contributed by atoms with van der Waals surface area (Å²) in [5.74, 6) is 0.431. The molecule has 0 amide bonds. The zero-order valence-electron chi connectivity index (χ0n) is 11.1. The van der Waals surface area contributed by atoms with Gasteiger partial charge in [-0.25, -0.2) is 0 Å². The molecule has 1 aromatic carbocycles. The molecule has 1 unspecified atom stereocenters. The number of nitrogens with two attached hydrogens (primary N) is 1. The van der Waals surface area contributed by atoms with Crippen LogP contribution in [0.3, 0.4) is 0 Å². The number of aromatic nitrogens is 1. The van der Waals surface area contributed by atoms with Crippen molar-refractivity contribution >= 4 is 23.2 Å². The molecule has 2 rings (SSSR count). The van der Waals surface area contributed by atoms with Crippen molar-refractivity contribution in [2.75, 3.05) is 0 Å². The minimum atomic E-state index is 0.0788. The van der Waals surface area contributed by atoms with Crippen molar-refractivity contribution in [2.24, 2.45) is 11.7 Å². The van der Waals surface area contributed by atoms with Gasteiger partial charge in [0.05, 0.1) is 10.0 Å². The highest BCUT2D eigenvalue weighted by Crippen LogP contribution is 2.24. The van der Waals surface area contributed by atoms with E-state index in [0.29, 0.717) is 16.0 Å². The van der Waals surface area contributed by atoms with Crippen LogP contribution in [0, 0.1) is 5.92 Å². The Hall–Kier alpha value is -0.960. The lowest BCUT2D eigenvalue weighted by atomic mass is 10.00. The second-order valence-electron chi connectivity index (χ2n) is 5.14. The van der Waals surface area contributed by atoms with Gasteiger partial charge in [0.1, 0.15) is 0 Å². The largest absolute Gasteiger partial charge is 0.350 e. The molecule has 1 aromatic heterocycles. The molecule has 0 aliphatic heterocycles. The Morgan fingerprint density at radius 1 is 1.16 bits per heavy atom. The van der Waals surface area contributed by atoms with E-state index in [1.807, 2.05) is 24.4 Å². The van der Waals surface area contributed by atoms with Gasteiger partial charge >= 0.3 is 0 Å². The number of nitrogens with zero attached hydrogens (tertiary/aromatic N) is 1. The van der Waals surface area contributed by atoms with Crippen molar-refractivity contribution in [1.29, 1.82) is 0 Å². The molecule has 0 saturated carbocycles. The van der Waals surface area contributed by atoms with Gasteiger partial charge in [0.15, 0.2) is 0 Å². The molecule has 2 N–H and O–H groups in total. The van der Waals surface area contributed by atoms with Crippen LogP contribution in [-0.2, 0) is 6.54 Å². The third kappa shape index (κ3) is 3.53. The van der Waals surface area contributed by atoms with Gasteiger partial charge in [-0.2, -0.15) is 0 Å². The lowest BCUT2D eigenvalue weighted by Gasteiger charge is -2.13. The standard InChI is InChI=1S/C15H18Cl2N2/c1-10(2)15(18)12-5-6-19(9-12)8-11-3-4-13(16)14(17)7-11/h3-7,9-10,15H,8,18H2,1-2H3. The maximum Gasteiger partial charge on any atom is 0.0595 e. The fraction of sp³-hybridized carbons (Fsp3) is 0.333. The molecule has 0 radical (unpaired) electrons. The summed E-state index contributed by atoms with van der Waals surface area (Å²) >= 11 is 11.9. The van der Waals surface area contributed by atoms with Crippen LogP contribution in [0.4, 0.5) is 0 Å². The monoisotopic (exact) mass is 296 g/mol. The molecule has 0 spiro atoms. The van der Waals surface area contributed by atoms with Crippen LogP contribution in [0.15, 0.2) is 36.7 Å². The first-order chi connectivity index (χ1) is 8.97. The van der Waals surface area contributed by atoms with E-state index in [1.165, 1.54) is 0 Å². The second kappa shape index (κ2) is 6.00. The summed E-state index contributed by atoms with van der Waals surface area (Å²) in [5.41, 5.74) is 8.42. The quantitative estimate of drug-likeness (QED) is 0.885. The van der Waals surface area contributed by atoms with E-state index >= 15 is 0 Å². The minimum absolute atomic E-state index is 0.0788. The molecule has 19 heavy (non-hydrogen) atoms. The van der Waals surface area contributed by atoms with Crippen molar-refractivity contribution in [3.05, 3.63) is 57.8 Å². The molecule has 2 aromatic rings. The van der Waals surface area contributed by atoms with Crippen molar-refractivity contribution in [3.8, 4) is 0 Å². The fourth-order valence-electron chi connectivity index (χ4n) is 1.99. The predicted molar refractivity (Wildman–Crippen MR) is 81.8 cm³/mol. The van der Waals surface area contributed by atoms with Crippen LogP contribution in [0.5, 0.6) is 0 Å². The molecule has 0 aliphatic rings. The number of halogens is 2. The van der Waals surface area contributed by atoms with Crippen molar-refractivity contribution < 1.29 is 0 Å². The molecule has 102 valence electrons. The molecular formula is C15H18Cl2N2. The lowest BCUT2D eigenvalue weighted by Crippen LogP contribution is -2.15. The smallest absolute Gasteiger partial charge is 0.0595 e. The highest BCUT2D eigenvalue weighted by Gasteiger charge is 2.11. The molecule has 1 atom stereocenters. The normalized spacial score (nSPS) is 12.9. The van der Waals surface area contributed by atoms with E-state index in [0.717, 1.165) is 17.7 Å². The Labute approximate surface area is 124 Å². The van der Waals surface area contributed by atoms with Gasteiger partial charge in [-0.1, -0.05) is 43.1 Å². The molecule has 0 aliphatic carbocycles. The topological polar surface area (TPSA) is 30.9 Å². The van der Waals surface area contributed by atoms with Crippen LogP contribution in [-0.4, -0.2) is 4.57 Å². The number of rotatable bonds is 4. The number of hydrogen-bond donors (Lipinski definition) is 1. The van der Waals surface area contributed by atoms with Gasteiger partial charge in [0.25, 0.3) is 0 Å². The Kier molecular flexibility index (Phi) is 4.56. The van der Waals surface area contributed by atoms with Gasteiger partial charge in [0, 0.05) is 25.0 Å². The van der Waals surface area contributed by atoms with Crippen molar-refractivity contribution in [1.82, 2.24) is 4.57 Å². The first kappa shape index (κ1) is 14.4. The molecular weight excluding hydrogens is 279 g/mol. The summed E-state index contributed by atoms with van der Waals surface area (Å²) in [5, 5.41) is 1.17. The van der Waals surface area contributed by atoms with Crippen molar-refractivity contribution in [3.63, 3.8) is 0 Å². The maximum absolute atomic E-state index is 6.14. The van der Waals surface area contributed by atoms with Crippen LogP contribution in [0.2, 0.25) is 10.0 Å². The highest BCUT2D eigenvalue weighted by molar-refractivity contribution is 6.42. The van der Waals surface area contributed by atoms with E-state index in [4.69, 9.17) is 28.9 Å². The van der Waals surface area contributed by atoms with Crippen LogP contribution in [0.25, 0.3) is 0 Å². The van der Waals surface area contributed by atoms with Gasteiger partial charge in [-0.15, -0.1) is 0 Å². The molecule has 1 heterocycles. The molecule has 2 nitrogen and oxygen atoms in total. The summed E-state index contributed by atoms with van der Waals surface area (Å²) in [7, 11) is 0. The Morgan fingerprint density at radius 2 is 1.89 bits per heavy atom. The van der Waals surface area contributed by atoms with Gasteiger partial charge < -0.3 is 10.3 Å². The van der Waals surface area contributed by atoms with E-state index < -0.39 is 0 Å². The summed E-state index contributed by atoms with van der Waals surface area (Å²) in [6, 6.07) is 7.85. The van der Waals surface area contributed by atoms with Crippen LogP contribution in [0.1, 0.15) is 31.0 Å². The Morgan fingerprint density at radius 3 is 2.53 bits per heavy atom. The van der Waals surface area contributed by atoms with E-state index in [1.54, 1.807) is 0 Å². The van der Waals surface area contributed by atoms with Gasteiger partial charge in [-0.05, 0) is 35.2 Å². The fourth-order valence-corrected chi connectivity index (χ4v) is 2.31. The number of benzene rings is 1. The molecule has 4 heteroatoms. The maximum atomic E-state index is 6.14. The first-order valence-corrected chi connectivity index (χ1v) is 7.08. The summed E-state index contributed by atoms with van der Waals surface area (Å²) in [6.45, 7) is 5.02. The molecule has 0 bridgehead atoms. The zero-order valence-corrected chi connectivity index (χ0v) is 12.6. The average Bonchev–Trinajstić information content (AvgIpc) is 2.81. The summed E-state index contributed by atoms with van der Waals surface area (Å²) in [6.07, 6.45) is 4.13. The zero-order chi connectivity index (χ0) is 14.0. The van der Waals surface area contributed by atoms with Crippen LogP contribution >= 0.6 is 23.2 Å². The Bertz CT molecular complexity index is 561. The second-order valence-corrected chi connectivity index (χ2v) is 5.95. The van der Waals surface area contributed by atoms with Crippen LogP contribution < -0.4 is 5.73 Å². The Balaban J connectivity index is 2.13. The lowest BCUT2D eigenvalue weighted by molar-refractivity contribution is 0.513. The SMILES string of the molecule is CC(C)C(N)c1ccn(Cc2ccc(Cl)c(Cl)c2)c1. The third-order valence-corrected chi connectivity index (χ3v) is 3.96. The first-order valence-electron chi connectivity index (χ1n) is 6.32.